The van der Waals surface area contributed by atoms with Crippen LogP contribution in [0.4, 0.5) is 9.59 Å². The van der Waals surface area contributed by atoms with Gasteiger partial charge in [-0.1, -0.05) is 26.2 Å². The molecule has 11 rings (SSSR count). The molecule has 6 aromatic heterocycles. The zero-order valence-corrected chi connectivity index (χ0v) is 53.6. The quantitative estimate of drug-likeness (QED) is 0.0476. The van der Waals surface area contributed by atoms with E-state index >= 15 is 0 Å². The molecule has 0 spiro atoms. The van der Waals surface area contributed by atoms with Crippen LogP contribution in [0.25, 0.3) is 44.3 Å². The molecule has 0 amide bonds. The van der Waals surface area contributed by atoms with Crippen molar-refractivity contribution in [3.05, 3.63) is 134 Å². The Morgan fingerprint density at radius 2 is 1.08 bits per heavy atom. The van der Waals surface area contributed by atoms with Gasteiger partial charge in [-0.25, -0.2) is 33.5 Å². The van der Waals surface area contributed by atoms with Crippen LogP contribution in [0.1, 0.15) is 192 Å². The number of methoxy groups -OCH3 is 1. The summed E-state index contributed by atoms with van der Waals surface area (Å²) in [6.45, 7) is 31.4. The summed E-state index contributed by atoms with van der Waals surface area (Å²) < 4.78 is 36.4. The van der Waals surface area contributed by atoms with Crippen molar-refractivity contribution >= 4 is 61.9 Å². The first-order valence-electron chi connectivity index (χ1n) is 28.0. The molecule has 0 N–H and O–H groups in total. The molecule has 1 atom stereocenters. The largest absolute Gasteiger partial charge is 1.00 e. The van der Waals surface area contributed by atoms with Crippen molar-refractivity contribution in [3.63, 3.8) is 0 Å². The number of carbonyl (C=O) groups excluding carboxylic acids is 4. The van der Waals surface area contributed by atoms with Gasteiger partial charge in [0, 0.05) is 63.4 Å². The summed E-state index contributed by atoms with van der Waals surface area (Å²) in [7, 11) is 1.32. The third-order valence-corrected chi connectivity index (χ3v) is 13.6. The SMILES string of the molecule is CC1CCCO1.COC(=O)c1cc(-c2c(C)noc2C)cc2c1nc(C1CC1)n2C(=O)OC(C)(C)C.C[C-](C)C.Cc1cc(Br)ccn1.Cc1cc(C(=O)c2cc(-c3c(C)noc3C)cc3c2nc(C2CC2)n3C(=O)OC(C)(C)C)ccn1.[Li+]. The van der Waals surface area contributed by atoms with Crippen molar-refractivity contribution in [3.8, 4) is 22.3 Å². The average molecular weight is 1210 g/mol. The Balaban J connectivity index is 0.000000207. The van der Waals surface area contributed by atoms with Gasteiger partial charge in [0.05, 0.1) is 46.8 Å². The monoisotopic (exact) mass is 1200 g/mol. The summed E-state index contributed by atoms with van der Waals surface area (Å²) in [6.07, 6.45) is 9.21. The molecule has 2 aromatic carbocycles. The number of rotatable bonds is 7. The minimum absolute atomic E-state index is 0. The summed E-state index contributed by atoms with van der Waals surface area (Å²) in [4.78, 5) is 70.6. The molecule has 0 radical (unpaired) electrons. The van der Waals surface area contributed by atoms with Crippen LogP contribution < -0.4 is 18.9 Å². The Hall–Kier alpha value is -6.78. The van der Waals surface area contributed by atoms with E-state index in [1.165, 1.54) is 35.0 Å². The smallest absolute Gasteiger partial charge is 0.465 e. The first-order valence-corrected chi connectivity index (χ1v) is 28.8. The molecule has 1 aliphatic heterocycles. The van der Waals surface area contributed by atoms with Gasteiger partial charge in [-0.2, -0.15) is 20.8 Å². The van der Waals surface area contributed by atoms with Crippen molar-refractivity contribution in [1.29, 1.82) is 0 Å². The van der Waals surface area contributed by atoms with E-state index in [9.17, 15) is 19.2 Å². The second-order valence-corrected chi connectivity index (χ2v) is 24.7. The number of carbonyl (C=O) groups is 4. The third kappa shape index (κ3) is 17.0. The fourth-order valence-corrected chi connectivity index (χ4v) is 9.68. The first-order chi connectivity index (χ1) is 39.0. The third-order valence-electron chi connectivity index (χ3n) is 13.1. The second kappa shape index (κ2) is 27.9. The van der Waals surface area contributed by atoms with Crippen LogP contribution in [0.5, 0.6) is 0 Å². The molecule has 20 heteroatoms. The van der Waals surface area contributed by atoms with Crippen molar-refractivity contribution in [2.45, 2.75) is 178 Å². The Morgan fingerprint density at radius 3 is 1.42 bits per heavy atom. The van der Waals surface area contributed by atoms with Gasteiger partial charge >= 0.3 is 37.0 Å². The van der Waals surface area contributed by atoms with E-state index in [-0.39, 0.29) is 42.0 Å². The summed E-state index contributed by atoms with van der Waals surface area (Å²) in [5, 5.41) is 8.10. The maximum absolute atomic E-state index is 13.8. The van der Waals surface area contributed by atoms with Crippen LogP contribution in [0, 0.1) is 47.5 Å². The van der Waals surface area contributed by atoms with Crippen molar-refractivity contribution in [2.75, 3.05) is 13.7 Å². The van der Waals surface area contributed by atoms with Crippen molar-refractivity contribution in [2.24, 2.45) is 0 Å². The van der Waals surface area contributed by atoms with E-state index in [0.717, 1.165) is 64.8 Å². The zero-order chi connectivity index (χ0) is 60.8. The summed E-state index contributed by atoms with van der Waals surface area (Å²) >= 11 is 3.32. The summed E-state index contributed by atoms with van der Waals surface area (Å²) in [5.74, 6) is 3.51. The molecular formula is C64H78BrLiN8O10. The molecule has 1 unspecified atom stereocenters. The van der Waals surface area contributed by atoms with Gasteiger partial charge in [0.15, 0.2) is 5.78 Å². The van der Waals surface area contributed by atoms with Gasteiger partial charge in [0.1, 0.15) is 45.4 Å². The molecule has 8 aromatic rings. The van der Waals surface area contributed by atoms with E-state index in [4.69, 9.17) is 33.0 Å². The number of aryl methyl sites for hydroxylation is 6. The fourth-order valence-electron chi connectivity index (χ4n) is 9.23. The van der Waals surface area contributed by atoms with Gasteiger partial charge in [0.2, 0.25) is 0 Å². The van der Waals surface area contributed by atoms with Gasteiger partial charge in [-0.05, 0) is 188 Å². The van der Waals surface area contributed by atoms with Gasteiger partial charge in [0.25, 0.3) is 0 Å². The standard InChI is InChI=1S/C27H28N4O4.C22H25N3O5.C6H6BrN.C5H10O.C4H9.Li/c1-14-11-18(9-10-28-14)24(32)20-12-19(22-15(2)30-35-16(22)3)13-21-23(20)29-25(17-7-8-17)31(21)26(33)34-27(4,5)6;1-11-17(12(2)30-24-11)14-9-15(20(26)28-6)18-16(10-14)25(19(23-18)13-7-8-13)21(27)29-22(3,4)5;1-5-4-6(7)2-3-8-5;1-5-3-2-4-6-5;1-4(2)3;/h9-13,17H,7-8H2,1-6H3;9-10,13H,7-8H2,1-6H3;2-4H,1H3;5H,2-4H2,1H3;1-3H3;/q;;;;-1;+1. The minimum atomic E-state index is -0.680. The Kier molecular flexibility index (Phi) is 22.1. The number of halogens is 1. The van der Waals surface area contributed by atoms with Crippen LogP contribution in [0.3, 0.4) is 0 Å². The fraction of sp³-hybridized carbons (Fsp3) is 0.453. The number of ether oxygens (including phenoxy) is 4. The van der Waals surface area contributed by atoms with Crippen LogP contribution in [0.2, 0.25) is 0 Å². The maximum atomic E-state index is 13.8. The van der Waals surface area contributed by atoms with Crippen molar-refractivity contribution in [1.82, 2.24) is 39.4 Å². The molecule has 2 saturated carbocycles. The van der Waals surface area contributed by atoms with Gasteiger partial charge < -0.3 is 33.9 Å². The number of hydrogen-bond acceptors (Lipinski definition) is 16. The Labute approximate surface area is 512 Å². The number of ketones is 1. The molecule has 18 nitrogen and oxygen atoms in total. The molecular weight excluding hydrogens is 1130 g/mol. The van der Waals surface area contributed by atoms with E-state index < -0.39 is 29.4 Å². The van der Waals surface area contributed by atoms with Crippen LogP contribution >= 0.6 is 15.9 Å². The maximum Gasteiger partial charge on any atom is 1.00 e. The topological polar surface area (TPSA) is 219 Å². The van der Waals surface area contributed by atoms with Crippen molar-refractivity contribution < 1.29 is 66.0 Å². The molecule has 442 valence electrons. The Bertz CT molecular complexity index is 3580. The predicted molar refractivity (Wildman–Crippen MR) is 322 cm³/mol. The molecule has 84 heavy (non-hydrogen) atoms. The summed E-state index contributed by atoms with van der Waals surface area (Å²) in [6, 6.07) is 14.6. The predicted octanol–water partition coefficient (Wildman–Crippen LogP) is 12.6. The number of esters is 1. The van der Waals surface area contributed by atoms with E-state index in [0.29, 0.717) is 79.4 Å². The molecule has 3 aliphatic rings. The number of imidazole rings is 2. The molecule has 2 aliphatic carbocycles. The summed E-state index contributed by atoms with van der Waals surface area (Å²) in [5.41, 5.74) is 7.96. The van der Waals surface area contributed by atoms with E-state index in [2.05, 4.69) is 68.9 Å². The number of nitrogens with zero attached hydrogens (tertiary/aromatic N) is 8. The van der Waals surface area contributed by atoms with E-state index in [1.54, 1.807) is 37.5 Å². The molecule has 1 saturated heterocycles. The molecule has 3 fully saturated rings. The number of pyridine rings is 2. The average Bonchev–Trinajstić information content (AvgIpc) is 2.00. The van der Waals surface area contributed by atoms with E-state index in [1.807, 2.05) is 106 Å². The van der Waals surface area contributed by atoms with Crippen LogP contribution in [-0.4, -0.2) is 94.3 Å². The number of benzene rings is 2. The zero-order valence-electron chi connectivity index (χ0n) is 52.0. The number of aromatic nitrogens is 8. The van der Waals surface area contributed by atoms with Crippen LogP contribution in [-0.2, 0) is 18.9 Å². The first kappa shape index (κ1) is 66.4. The second-order valence-electron chi connectivity index (χ2n) is 23.7. The van der Waals surface area contributed by atoms with Crippen LogP contribution in [0.15, 0.2) is 74.4 Å². The molecule has 7 heterocycles. The Morgan fingerprint density at radius 1 is 0.643 bits per heavy atom. The number of hydrogen-bond donors (Lipinski definition) is 0. The minimum Gasteiger partial charge on any atom is -0.465 e. The number of fused-ring (bicyclic) bond motifs is 2. The molecule has 0 bridgehead atoms. The van der Waals surface area contributed by atoms with Gasteiger partial charge in [-0.3, -0.25) is 14.8 Å². The van der Waals surface area contributed by atoms with Gasteiger partial charge in [-0.15, -0.1) is 0 Å². The normalized spacial score (nSPS) is 14.6.